The van der Waals surface area contributed by atoms with Gasteiger partial charge in [-0.3, -0.25) is 4.98 Å². The fourth-order valence-electron chi connectivity index (χ4n) is 1.73. The molecule has 0 spiro atoms. The van der Waals surface area contributed by atoms with E-state index in [2.05, 4.69) is 38.9 Å². The molecule has 2 aromatic rings. The number of hydrogen-bond acceptors (Lipinski definition) is 2. The monoisotopic (exact) mass is 310 g/mol. The van der Waals surface area contributed by atoms with Gasteiger partial charge in [0, 0.05) is 23.1 Å². The minimum Gasteiger partial charge on any atom is -0.262 e. The van der Waals surface area contributed by atoms with Crippen LogP contribution in [0.5, 0.6) is 0 Å². The van der Waals surface area contributed by atoms with Gasteiger partial charge >= 0.3 is 0 Å². The van der Waals surface area contributed by atoms with Crippen LogP contribution >= 0.6 is 27.5 Å². The Morgan fingerprint density at radius 2 is 2.12 bits per heavy atom. The van der Waals surface area contributed by atoms with E-state index in [1.807, 2.05) is 25.3 Å². The molecule has 0 aromatic carbocycles. The maximum atomic E-state index is 6.01. The van der Waals surface area contributed by atoms with Crippen molar-refractivity contribution in [1.29, 1.82) is 0 Å². The molecule has 2 heterocycles. The van der Waals surface area contributed by atoms with Gasteiger partial charge in [-0.05, 0) is 53.0 Å². The number of aryl methyl sites for hydroxylation is 2. The van der Waals surface area contributed by atoms with E-state index in [-0.39, 0.29) is 0 Å². The van der Waals surface area contributed by atoms with Crippen LogP contribution in [0.3, 0.4) is 0 Å². The average Bonchev–Trinajstić information content (AvgIpc) is 2.32. The van der Waals surface area contributed by atoms with Crippen molar-refractivity contribution in [2.75, 3.05) is 0 Å². The van der Waals surface area contributed by atoms with Crippen LogP contribution in [-0.4, -0.2) is 9.97 Å². The lowest BCUT2D eigenvalue weighted by Gasteiger charge is -2.09. The van der Waals surface area contributed by atoms with Gasteiger partial charge < -0.3 is 0 Å². The zero-order valence-corrected chi connectivity index (χ0v) is 12.0. The molecular formula is C13H12BrClN2. The highest BCUT2D eigenvalue weighted by Gasteiger charge is 2.09. The van der Waals surface area contributed by atoms with Gasteiger partial charge in [0.1, 0.15) is 5.15 Å². The average molecular weight is 312 g/mol. The number of nitrogens with zero attached hydrogens (tertiary/aromatic N) is 2. The summed E-state index contributed by atoms with van der Waals surface area (Å²) in [7, 11) is 0. The molecule has 88 valence electrons. The number of halogens is 2. The highest BCUT2D eigenvalue weighted by Crippen LogP contribution is 2.30. The Hall–Kier alpha value is -0.930. The van der Waals surface area contributed by atoms with E-state index in [4.69, 9.17) is 11.6 Å². The first-order chi connectivity index (χ1) is 8.11. The minimum absolute atomic E-state index is 0.511. The summed E-state index contributed by atoms with van der Waals surface area (Å²) in [4.78, 5) is 8.60. The summed E-state index contributed by atoms with van der Waals surface area (Å²) in [5.41, 5.74) is 4.23. The first kappa shape index (κ1) is 12.5. The molecule has 0 saturated carbocycles. The predicted octanol–water partition coefficient (Wildman–Crippen LogP) is 4.43. The van der Waals surface area contributed by atoms with Gasteiger partial charge in [-0.1, -0.05) is 18.5 Å². The molecule has 0 atom stereocenters. The summed E-state index contributed by atoms with van der Waals surface area (Å²) in [6.07, 6.45) is 2.66. The summed E-state index contributed by atoms with van der Waals surface area (Å²) >= 11 is 9.43. The lowest BCUT2D eigenvalue weighted by atomic mass is 10.0. The van der Waals surface area contributed by atoms with Crippen LogP contribution in [0.2, 0.25) is 5.15 Å². The van der Waals surface area contributed by atoms with Crippen LogP contribution in [0.1, 0.15) is 18.3 Å². The molecule has 0 bridgehead atoms. The molecule has 0 amide bonds. The topological polar surface area (TPSA) is 25.8 Å². The molecule has 2 aromatic heterocycles. The van der Waals surface area contributed by atoms with Gasteiger partial charge in [-0.25, -0.2) is 4.98 Å². The van der Waals surface area contributed by atoms with Gasteiger partial charge in [-0.15, -0.1) is 0 Å². The maximum absolute atomic E-state index is 6.01. The Morgan fingerprint density at radius 1 is 1.35 bits per heavy atom. The summed E-state index contributed by atoms with van der Waals surface area (Å²) in [5, 5.41) is 0.511. The second-order valence-corrected chi connectivity index (χ2v) is 5.01. The van der Waals surface area contributed by atoms with Crippen molar-refractivity contribution in [3.63, 3.8) is 0 Å². The highest BCUT2D eigenvalue weighted by molar-refractivity contribution is 9.10. The molecule has 0 aliphatic heterocycles. The van der Waals surface area contributed by atoms with Crippen LogP contribution in [-0.2, 0) is 6.42 Å². The number of rotatable bonds is 2. The van der Waals surface area contributed by atoms with Crippen LogP contribution < -0.4 is 0 Å². The first-order valence-electron chi connectivity index (χ1n) is 5.39. The van der Waals surface area contributed by atoms with Gasteiger partial charge in [0.15, 0.2) is 0 Å². The molecule has 0 aliphatic rings. The molecule has 2 nitrogen and oxygen atoms in total. The van der Waals surface area contributed by atoms with E-state index in [1.165, 1.54) is 0 Å². The molecule has 0 saturated heterocycles. The van der Waals surface area contributed by atoms with E-state index in [9.17, 15) is 0 Å². The number of pyridine rings is 2. The summed E-state index contributed by atoms with van der Waals surface area (Å²) < 4.78 is 0.820. The quantitative estimate of drug-likeness (QED) is 0.767. The number of aromatic nitrogens is 2. The van der Waals surface area contributed by atoms with Crippen molar-refractivity contribution in [2.45, 2.75) is 20.3 Å². The SMILES string of the molecule is CCc1nc(Cl)c(Br)cc1-c1ccnc(C)c1. The fourth-order valence-corrected chi connectivity index (χ4v) is 2.21. The smallest absolute Gasteiger partial charge is 0.143 e. The molecule has 0 fully saturated rings. The van der Waals surface area contributed by atoms with E-state index in [0.717, 1.165) is 33.4 Å². The maximum Gasteiger partial charge on any atom is 0.143 e. The molecule has 0 N–H and O–H groups in total. The second kappa shape index (κ2) is 5.15. The zero-order valence-electron chi connectivity index (χ0n) is 9.67. The van der Waals surface area contributed by atoms with Crippen LogP contribution in [0.4, 0.5) is 0 Å². The molecule has 0 unspecified atom stereocenters. The third kappa shape index (κ3) is 2.67. The van der Waals surface area contributed by atoms with Crippen molar-refractivity contribution in [3.05, 3.63) is 45.4 Å². The predicted molar refractivity (Wildman–Crippen MR) is 74.3 cm³/mol. The second-order valence-electron chi connectivity index (χ2n) is 3.79. The zero-order chi connectivity index (χ0) is 12.4. The number of hydrogen-bond donors (Lipinski definition) is 0. The third-order valence-electron chi connectivity index (χ3n) is 2.55. The van der Waals surface area contributed by atoms with Crippen LogP contribution in [0, 0.1) is 6.92 Å². The molecule has 2 rings (SSSR count). The van der Waals surface area contributed by atoms with Crippen LogP contribution in [0.15, 0.2) is 28.9 Å². The van der Waals surface area contributed by atoms with E-state index < -0.39 is 0 Å². The summed E-state index contributed by atoms with van der Waals surface area (Å²) in [5.74, 6) is 0. The minimum atomic E-state index is 0.511. The standard InChI is InChI=1S/C13H12BrClN2/c1-3-12-10(7-11(14)13(15)17-12)9-4-5-16-8(2)6-9/h4-7H,3H2,1-2H3. The van der Waals surface area contributed by atoms with Crippen molar-refractivity contribution >= 4 is 27.5 Å². The lowest BCUT2D eigenvalue weighted by molar-refractivity contribution is 1.03. The Bertz CT molecular complexity index is 555. The Labute approximate surface area is 114 Å². The molecule has 0 radical (unpaired) electrons. The Balaban J connectivity index is 2.62. The summed E-state index contributed by atoms with van der Waals surface area (Å²) in [6.45, 7) is 4.05. The van der Waals surface area contributed by atoms with Gasteiger partial charge in [0.05, 0.1) is 4.47 Å². The summed E-state index contributed by atoms with van der Waals surface area (Å²) in [6, 6.07) is 6.06. The molecule has 4 heteroatoms. The molecule has 0 aliphatic carbocycles. The van der Waals surface area contributed by atoms with Gasteiger partial charge in [-0.2, -0.15) is 0 Å². The van der Waals surface area contributed by atoms with E-state index in [0.29, 0.717) is 5.15 Å². The third-order valence-corrected chi connectivity index (χ3v) is 3.68. The molecule has 17 heavy (non-hydrogen) atoms. The fraction of sp³-hybridized carbons (Fsp3) is 0.231. The highest BCUT2D eigenvalue weighted by atomic mass is 79.9. The first-order valence-corrected chi connectivity index (χ1v) is 6.57. The normalized spacial score (nSPS) is 10.6. The largest absolute Gasteiger partial charge is 0.262 e. The van der Waals surface area contributed by atoms with Crippen molar-refractivity contribution < 1.29 is 0 Å². The molecular weight excluding hydrogens is 300 g/mol. The van der Waals surface area contributed by atoms with Crippen LogP contribution in [0.25, 0.3) is 11.1 Å². The Morgan fingerprint density at radius 3 is 2.76 bits per heavy atom. The van der Waals surface area contributed by atoms with Crippen molar-refractivity contribution in [1.82, 2.24) is 9.97 Å². The van der Waals surface area contributed by atoms with Gasteiger partial charge in [0.2, 0.25) is 0 Å². The van der Waals surface area contributed by atoms with Crippen molar-refractivity contribution in [3.8, 4) is 11.1 Å². The van der Waals surface area contributed by atoms with Gasteiger partial charge in [0.25, 0.3) is 0 Å². The van der Waals surface area contributed by atoms with E-state index >= 15 is 0 Å². The lowest BCUT2D eigenvalue weighted by Crippen LogP contribution is -1.94. The Kier molecular flexibility index (Phi) is 3.79. The van der Waals surface area contributed by atoms with E-state index in [1.54, 1.807) is 0 Å². The van der Waals surface area contributed by atoms with Crippen molar-refractivity contribution in [2.24, 2.45) is 0 Å².